The first-order valence-electron chi connectivity index (χ1n) is 11.6. The van der Waals surface area contributed by atoms with E-state index in [9.17, 15) is 15.0 Å². The number of benzene rings is 1. The van der Waals surface area contributed by atoms with E-state index in [4.69, 9.17) is 0 Å². The summed E-state index contributed by atoms with van der Waals surface area (Å²) in [5.74, 6) is 1.30. The lowest BCUT2D eigenvalue weighted by Gasteiger charge is -2.18. The minimum Gasteiger partial charge on any atom is -0.392 e. The summed E-state index contributed by atoms with van der Waals surface area (Å²) in [7, 11) is 0. The standard InChI is InChI=1S/C26H37NO3/c1-2-27-26(30)11-7-6-10-20-16-21-18-25(29)23(24(21)17-20)15-14-22(28)13-12-19-8-4-3-5-9-19/h3-5,8-10,14-15,21-25,28-29H,2,6-7,11-13,16-18H2,1H3,(H,27,30)/b15-14+,20-10+. The number of unbranched alkanes of at least 4 members (excludes halogenated alkanes) is 1. The number of carbonyl (C=O) groups excluding carboxylic acids is 1. The Bertz CT molecular complexity index is 727. The molecule has 2 aliphatic rings. The van der Waals surface area contributed by atoms with Gasteiger partial charge in [0.1, 0.15) is 0 Å². The van der Waals surface area contributed by atoms with Crippen molar-refractivity contribution in [3.8, 4) is 0 Å². The van der Waals surface area contributed by atoms with Crippen LogP contribution in [0.1, 0.15) is 57.4 Å². The zero-order chi connectivity index (χ0) is 21.3. The van der Waals surface area contributed by atoms with Crippen molar-refractivity contribution in [2.45, 2.75) is 70.5 Å². The predicted molar refractivity (Wildman–Crippen MR) is 121 cm³/mol. The Morgan fingerprint density at radius 2 is 2.07 bits per heavy atom. The Morgan fingerprint density at radius 3 is 2.83 bits per heavy atom. The Balaban J connectivity index is 1.45. The van der Waals surface area contributed by atoms with E-state index in [1.165, 1.54) is 11.1 Å². The molecule has 164 valence electrons. The summed E-state index contributed by atoms with van der Waals surface area (Å²) < 4.78 is 0. The smallest absolute Gasteiger partial charge is 0.219 e. The van der Waals surface area contributed by atoms with Gasteiger partial charge in [0.2, 0.25) is 5.91 Å². The van der Waals surface area contributed by atoms with Crippen LogP contribution in [0.4, 0.5) is 0 Å². The van der Waals surface area contributed by atoms with E-state index in [1.54, 1.807) is 0 Å². The molecule has 4 heteroatoms. The molecule has 3 N–H and O–H groups in total. The lowest BCUT2D eigenvalue weighted by atomic mass is 9.90. The van der Waals surface area contributed by atoms with Gasteiger partial charge in [-0.2, -0.15) is 0 Å². The average molecular weight is 412 g/mol. The molecular weight excluding hydrogens is 374 g/mol. The molecule has 0 aliphatic heterocycles. The average Bonchev–Trinajstić information content (AvgIpc) is 3.25. The molecule has 2 aliphatic carbocycles. The Morgan fingerprint density at radius 1 is 1.27 bits per heavy atom. The van der Waals surface area contributed by atoms with Gasteiger partial charge in [-0.1, -0.05) is 54.1 Å². The summed E-state index contributed by atoms with van der Waals surface area (Å²) in [6.45, 7) is 2.64. The predicted octanol–water partition coefficient (Wildman–Crippen LogP) is 4.18. The van der Waals surface area contributed by atoms with Gasteiger partial charge < -0.3 is 15.5 Å². The van der Waals surface area contributed by atoms with Gasteiger partial charge in [0.25, 0.3) is 0 Å². The fourth-order valence-corrected chi connectivity index (χ4v) is 5.11. The van der Waals surface area contributed by atoms with Crippen LogP contribution in [-0.4, -0.2) is 34.9 Å². The van der Waals surface area contributed by atoms with Crippen molar-refractivity contribution >= 4 is 5.91 Å². The van der Waals surface area contributed by atoms with Gasteiger partial charge in [-0.3, -0.25) is 4.79 Å². The summed E-state index contributed by atoms with van der Waals surface area (Å²) in [6, 6.07) is 10.2. The minimum atomic E-state index is -0.470. The molecule has 0 saturated heterocycles. The van der Waals surface area contributed by atoms with Gasteiger partial charge in [0.15, 0.2) is 0 Å². The van der Waals surface area contributed by atoms with Crippen molar-refractivity contribution in [3.63, 3.8) is 0 Å². The maximum Gasteiger partial charge on any atom is 0.219 e. The van der Waals surface area contributed by atoms with Crippen molar-refractivity contribution in [1.29, 1.82) is 0 Å². The van der Waals surface area contributed by atoms with E-state index >= 15 is 0 Å². The van der Waals surface area contributed by atoms with Crippen LogP contribution < -0.4 is 5.32 Å². The number of aliphatic hydroxyl groups excluding tert-OH is 2. The molecule has 0 heterocycles. The first kappa shape index (κ1) is 22.8. The third-order valence-corrected chi connectivity index (χ3v) is 6.65. The van der Waals surface area contributed by atoms with Crippen LogP contribution in [0.15, 0.2) is 54.1 Å². The zero-order valence-corrected chi connectivity index (χ0v) is 18.2. The summed E-state index contributed by atoms with van der Waals surface area (Å²) in [5, 5.41) is 23.7. The summed E-state index contributed by atoms with van der Waals surface area (Å²) in [6.07, 6.45) is 12.5. The number of fused-ring (bicyclic) bond motifs is 1. The fraction of sp³-hybridized carbons (Fsp3) is 0.577. The van der Waals surface area contributed by atoms with E-state index in [1.807, 2.05) is 31.2 Å². The molecule has 5 atom stereocenters. The molecule has 0 bridgehead atoms. The Hall–Kier alpha value is -1.91. The van der Waals surface area contributed by atoms with E-state index in [0.29, 0.717) is 31.2 Å². The van der Waals surface area contributed by atoms with E-state index in [-0.39, 0.29) is 17.9 Å². The normalized spacial score (nSPS) is 28.2. The van der Waals surface area contributed by atoms with Crippen molar-refractivity contribution in [2.75, 3.05) is 6.54 Å². The Labute approximate surface area is 181 Å². The number of nitrogens with one attached hydrogen (secondary N) is 1. The summed E-state index contributed by atoms with van der Waals surface area (Å²) in [5.41, 5.74) is 2.72. The number of carbonyl (C=O) groups is 1. The second kappa shape index (κ2) is 11.5. The molecule has 2 saturated carbocycles. The second-order valence-electron chi connectivity index (χ2n) is 8.90. The van der Waals surface area contributed by atoms with Gasteiger partial charge >= 0.3 is 0 Å². The molecule has 3 rings (SSSR count). The molecule has 1 aromatic carbocycles. The van der Waals surface area contributed by atoms with E-state index in [2.05, 4.69) is 29.6 Å². The lowest BCUT2D eigenvalue weighted by molar-refractivity contribution is -0.121. The van der Waals surface area contributed by atoms with Gasteiger partial charge in [0, 0.05) is 18.9 Å². The maximum absolute atomic E-state index is 11.5. The minimum absolute atomic E-state index is 0.137. The highest BCUT2D eigenvalue weighted by Gasteiger charge is 2.44. The van der Waals surface area contributed by atoms with Crippen LogP contribution in [0.3, 0.4) is 0 Å². The molecule has 5 unspecified atom stereocenters. The van der Waals surface area contributed by atoms with Crippen LogP contribution in [0.5, 0.6) is 0 Å². The number of hydrogen-bond acceptors (Lipinski definition) is 3. The number of aryl methyl sites for hydroxylation is 1. The second-order valence-corrected chi connectivity index (χ2v) is 8.90. The van der Waals surface area contributed by atoms with Crippen LogP contribution >= 0.6 is 0 Å². The molecule has 1 amide bonds. The van der Waals surface area contributed by atoms with E-state index < -0.39 is 6.10 Å². The van der Waals surface area contributed by atoms with Gasteiger partial charge in [-0.25, -0.2) is 0 Å². The molecule has 0 spiro atoms. The SMILES string of the molecule is CCNC(=O)CCC/C=C1\CC2CC(O)C(/C=C/C(O)CCc3ccccc3)C2C1. The van der Waals surface area contributed by atoms with Crippen molar-refractivity contribution < 1.29 is 15.0 Å². The monoisotopic (exact) mass is 411 g/mol. The van der Waals surface area contributed by atoms with Crippen LogP contribution in [0.2, 0.25) is 0 Å². The highest BCUT2D eigenvalue weighted by molar-refractivity contribution is 5.75. The molecule has 0 aromatic heterocycles. The topological polar surface area (TPSA) is 69.6 Å². The first-order valence-corrected chi connectivity index (χ1v) is 11.6. The number of hydrogen-bond donors (Lipinski definition) is 3. The molecule has 2 fully saturated rings. The third-order valence-electron chi connectivity index (χ3n) is 6.65. The van der Waals surface area contributed by atoms with Crippen molar-refractivity contribution in [3.05, 3.63) is 59.7 Å². The molecular formula is C26H37NO3. The quantitative estimate of drug-likeness (QED) is 0.400. The summed E-state index contributed by atoms with van der Waals surface area (Å²) >= 11 is 0. The highest BCUT2D eigenvalue weighted by atomic mass is 16.3. The van der Waals surface area contributed by atoms with Gasteiger partial charge in [-0.05, 0) is 69.3 Å². The third kappa shape index (κ3) is 6.55. The lowest BCUT2D eigenvalue weighted by Crippen LogP contribution is -2.21. The van der Waals surface area contributed by atoms with Crippen LogP contribution in [-0.2, 0) is 11.2 Å². The molecule has 0 radical (unpaired) electrons. The molecule has 4 nitrogen and oxygen atoms in total. The number of rotatable bonds is 10. The van der Waals surface area contributed by atoms with Crippen LogP contribution in [0, 0.1) is 17.8 Å². The van der Waals surface area contributed by atoms with Crippen molar-refractivity contribution in [2.24, 2.45) is 17.8 Å². The van der Waals surface area contributed by atoms with Gasteiger partial charge in [0.05, 0.1) is 12.2 Å². The van der Waals surface area contributed by atoms with Crippen LogP contribution in [0.25, 0.3) is 0 Å². The number of amides is 1. The largest absolute Gasteiger partial charge is 0.392 e. The van der Waals surface area contributed by atoms with Crippen molar-refractivity contribution in [1.82, 2.24) is 5.32 Å². The first-order chi connectivity index (χ1) is 14.6. The van der Waals surface area contributed by atoms with E-state index in [0.717, 1.165) is 38.5 Å². The zero-order valence-electron chi connectivity index (χ0n) is 18.2. The maximum atomic E-state index is 11.5. The summed E-state index contributed by atoms with van der Waals surface area (Å²) in [4.78, 5) is 11.5. The molecule has 1 aromatic rings. The van der Waals surface area contributed by atoms with Gasteiger partial charge in [-0.15, -0.1) is 0 Å². The Kier molecular flexibility index (Phi) is 8.71. The number of allylic oxidation sites excluding steroid dienone is 2. The molecule has 30 heavy (non-hydrogen) atoms. The highest BCUT2D eigenvalue weighted by Crippen LogP contribution is 2.50. The fourth-order valence-electron chi connectivity index (χ4n) is 5.11. The number of aliphatic hydroxyl groups is 2.